The second kappa shape index (κ2) is 5.66. The number of β-amino-alcohol motifs (C(OH)–C–C–N with tert-alkyl or cyclic N) is 1. The van der Waals surface area contributed by atoms with Crippen LogP contribution in [0.3, 0.4) is 0 Å². The van der Waals surface area contributed by atoms with Crippen molar-refractivity contribution in [1.82, 2.24) is 9.88 Å². The van der Waals surface area contributed by atoms with Crippen LogP contribution < -0.4 is 0 Å². The van der Waals surface area contributed by atoms with Gasteiger partial charge in [0.25, 0.3) is 0 Å². The zero-order chi connectivity index (χ0) is 15.0. The molecule has 1 unspecified atom stereocenters. The van der Waals surface area contributed by atoms with Gasteiger partial charge in [0, 0.05) is 55.1 Å². The van der Waals surface area contributed by atoms with Gasteiger partial charge in [0.15, 0.2) is 5.79 Å². The minimum atomic E-state index is -0.476. The number of H-pyrrole nitrogens is 1. The molecule has 1 atom stereocenters. The first-order chi connectivity index (χ1) is 10.8. The molecule has 2 fully saturated rings. The quantitative estimate of drug-likeness (QED) is 0.911. The minimum absolute atomic E-state index is 0.345. The molecular weight excluding hydrogens is 280 g/mol. The van der Waals surface area contributed by atoms with Crippen molar-refractivity contribution in [3.05, 3.63) is 36.0 Å². The van der Waals surface area contributed by atoms with E-state index in [4.69, 9.17) is 9.47 Å². The summed E-state index contributed by atoms with van der Waals surface area (Å²) in [5.74, 6) is -0.345. The highest BCUT2D eigenvalue weighted by Crippen LogP contribution is 2.32. The molecule has 2 saturated heterocycles. The molecule has 0 saturated carbocycles. The molecule has 1 spiro atoms. The van der Waals surface area contributed by atoms with E-state index in [0.29, 0.717) is 19.8 Å². The van der Waals surface area contributed by atoms with Crippen molar-refractivity contribution >= 4 is 10.9 Å². The summed E-state index contributed by atoms with van der Waals surface area (Å²) in [5.41, 5.74) is 2.05. The van der Waals surface area contributed by atoms with Crippen LogP contribution in [0.2, 0.25) is 0 Å². The number of nitrogens with one attached hydrogen (secondary N) is 1. The predicted octanol–water partition coefficient (Wildman–Crippen LogP) is 2.04. The fourth-order valence-corrected chi connectivity index (χ4v) is 3.57. The summed E-state index contributed by atoms with van der Waals surface area (Å²) >= 11 is 0. The highest BCUT2D eigenvalue weighted by Gasteiger charge is 2.40. The SMILES string of the molecule is OC(CN1CCC2(CC1)OCCO2)c1c[nH]c2ccccc12. The van der Waals surface area contributed by atoms with E-state index in [1.807, 2.05) is 24.4 Å². The van der Waals surface area contributed by atoms with Gasteiger partial charge in [-0.3, -0.25) is 0 Å². The average Bonchev–Trinajstić information content (AvgIpc) is 3.17. The molecule has 0 bridgehead atoms. The minimum Gasteiger partial charge on any atom is -0.387 e. The van der Waals surface area contributed by atoms with E-state index < -0.39 is 6.10 Å². The first-order valence-electron chi connectivity index (χ1n) is 8.00. The third-order valence-electron chi connectivity index (χ3n) is 4.84. The molecule has 1 aromatic heterocycles. The van der Waals surface area contributed by atoms with Gasteiger partial charge in [-0.15, -0.1) is 0 Å². The summed E-state index contributed by atoms with van der Waals surface area (Å²) in [6, 6.07) is 8.09. The Hall–Kier alpha value is -1.40. The number of aliphatic hydroxyl groups is 1. The molecule has 1 aromatic carbocycles. The third-order valence-corrected chi connectivity index (χ3v) is 4.84. The Morgan fingerprint density at radius 3 is 2.68 bits per heavy atom. The Bertz CT molecular complexity index is 638. The van der Waals surface area contributed by atoms with Crippen molar-refractivity contribution in [3.8, 4) is 0 Å². The molecule has 4 rings (SSSR count). The van der Waals surface area contributed by atoms with E-state index in [9.17, 15) is 5.11 Å². The largest absolute Gasteiger partial charge is 0.387 e. The lowest BCUT2D eigenvalue weighted by Crippen LogP contribution is -2.46. The lowest BCUT2D eigenvalue weighted by atomic mass is 10.0. The van der Waals surface area contributed by atoms with E-state index >= 15 is 0 Å². The normalized spacial score (nSPS) is 23.3. The molecule has 5 nitrogen and oxygen atoms in total. The third kappa shape index (κ3) is 2.54. The van der Waals surface area contributed by atoms with Crippen molar-refractivity contribution in [3.63, 3.8) is 0 Å². The molecule has 118 valence electrons. The van der Waals surface area contributed by atoms with Gasteiger partial charge in [0.2, 0.25) is 0 Å². The first-order valence-corrected chi connectivity index (χ1v) is 8.00. The maximum absolute atomic E-state index is 10.6. The zero-order valence-electron chi connectivity index (χ0n) is 12.6. The van der Waals surface area contributed by atoms with Gasteiger partial charge in [0.05, 0.1) is 19.3 Å². The number of fused-ring (bicyclic) bond motifs is 1. The summed E-state index contributed by atoms with van der Waals surface area (Å²) in [6.45, 7) is 3.87. The van der Waals surface area contributed by atoms with Crippen molar-refractivity contribution in [1.29, 1.82) is 0 Å². The topological polar surface area (TPSA) is 57.7 Å². The molecule has 0 radical (unpaired) electrons. The summed E-state index contributed by atoms with van der Waals surface area (Å²) < 4.78 is 11.5. The number of aromatic amines is 1. The van der Waals surface area contributed by atoms with Gasteiger partial charge < -0.3 is 24.5 Å². The lowest BCUT2D eigenvalue weighted by Gasteiger charge is -2.38. The smallest absolute Gasteiger partial charge is 0.170 e. The van der Waals surface area contributed by atoms with Crippen molar-refractivity contribution in [2.45, 2.75) is 24.7 Å². The van der Waals surface area contributed by atoms with Gasteiger partial charge >= 0.3 is 0 Å². The molecule has 0 amide bonds. The van der Waals surface area contributed by atoms with Crippen molar-refractivity contribution in [2.24, 2.45) is 0 Å². The Morgan fingerprint density at radius 1 is 1.18 bits per heavy atom. The van der Waals surface area contributed by atoms with Gasteiger partial charge in [-0.05, 0) is 6.07 Å². The maximum atomic E-state index is 10.6. The van der Waals surface area contributed by atoms with Crippen molar-refractivity contribution in [2.75, 3.05) is 32.8 Å². The van der Waals surface area contributed by atoms with Gasteiger partial charge in [-0.25, -0.2) is 0 Å². The number of para-hydroxylation sites is 1. The molecule has 0 aliphatic carbocycles. The number of hydrogen-bond acceptors (Lipinski definition) is 4. The fraction of sp³-hybridized carbons (Fsp3) is 0.529. The van der Waals surface area contributed by atoms with Crippen LogP contribution in [0.15, 0.2) is 30.5 Å². The zero-order valence-corrected chi connectivity index (χ0v) is 12.6. The summed E-state index contributed by atoms with van der Waals surface area (Å²) in [6.07, 6.45) is 3.21. The second-order valence-corrected chi connectivity index (χ2v) is 6.21. The molecule has 2 N–H and O–H groups in total. The first kappa shape index (κ1) is 14.2. The van der Waals surface area contributed by atoms with Crippen LogP contribution in [0.4, 0.5) is 0 Å². The summed E-state index contributed by atoms with van der Waals surface area (Å²) in [4.78, 5) is 5.52. The van der Waals surface area contributed by atoms with Crippen LogP contribution in [0.1, 0.15) is 24.5 Å². The van der Waals surface area contributed by atoms with E-state index in [1.54, 1.807) is 0 Å². The second-order valence-electron chi connectivity index (χ2n) is 6.21. The number of ether oxygens (including phenoxy) is 2. The van der Waals surface area contributed by atoms with Crippen LogP contribution in [-0.2, 0) is 9.47 Å². The van der Waals surface area contributed by atoms with Gasteiger partial charge in [0.1, 0.15) is 0 Å². The fourth-order valence-electron chi connectivity index (χ4n) is 3.57. The number of piperidine rings is 1. The number of nitrogens with zero attached hydrogens (tertiary/aromatic N) is 1. The van der Waals surface area contributed by atoms with Crippen LogP contribution in [0, 0.1) is 0 Å². The van der Waals surface area contributed by atoms with Gasteiger partial charge in [-0.2, -0.15) is 0 Å². The number of benzene rings is 1. The van der Waals surface area contributed by atoms with Crippen LogP contribution in [0.5, 0.6) is 0 Å². The summed E-state index contributed by atoms with van der Waals surface area (Å²) in [5, 5.41) is 11.7. The number of rotatable bonds is 3. The van der Waals surface area contributed by atoms with Gasteiger partial charge in [-0.1, -0.05) is 18.2 Å². The standard InChI is InChI=1S/C17H22N2O3/c20-16(14-11-18-15-4-2-1-3-13(14)15)12-19-7-5-17(6-8-19)21-9-10-22-17/h1-4,11,16,18,20H,5-10,12H2. The Balaban J connectivity index is 1.41. The molecule has 2 aliphatic heterocycles. The van der Waals surface area contributed by atoms with E-state index in [0.717, 1.165) is 42.4 Å². The Labute approximate surface area is 129 Å². The summed E-state index contributed by atoms with van der Waals surface area (Å²) in [7, 11) is 0. The molecule has 2 aliphatic rings. The molecule has 3 heterocycles. The van der Waals surface area contributed by atoms with E-state index in [-0.39, 0.29) is 5.79 Å². The number of aromatic nitrogens is 1. The predicted molar refractivity (Wildman–Crippen MR) is 83.6 cm³/mol. The van der Waals surface area contributed by atoms with Crippen LogP contribution in [-0.4, -0.2) is 53.6 Å². The maximum Gasteiger partial charge on any atom is 0.170 e. The highest BCUT2D eigenvalue weighted by molar-refractivity contribution is 5.83. The van der Waals surface area contributed by atoms with E-state index in [1.165, 1.54) is 0 Å². The number of hydrogen-bond donors (Lipinski definition) is 2. The van der Waals surface area contributed by atoms with Crippen LogP contribution >= 0.6 is 0 Å². The molecule has 5 heteroatoms. The number of aliphatic hydroxyl groups excluding tert-OH is 1. The van der Waals surface area contributed by atoms with E-state index in [2.05, 4.69) is 16.0 Å². The molecular formula is C17H22N2O3. The average molecular weight is 302 g/mol. The number of likely N-dealkylation sites (tertiary alicyclic amines) is 1. The van der Waals surface area contributed by atoms with Crippen molar-refractivity contribution < 1.29 is 14.6 Å². The van der Waals surface area contributed by atoms with Crippen LogP contribution in [0.25, 0.3) is 10.9 Å². The Morgan fingerprint density at radius 2 is 1.91 bits per heavy atom. The highest BCUT2D eigenvalue weighted by atomic mass is 16.7. The molecule has 22 heavy (non-hydrogen) atoms. The molecule has 2 aromatic rings. The lowest BCUT2D eigenvalue weighted by molar-refractivity contribution is -0.186. The monoisotopic (exact) mass is 302 g/mol. The Kier molecular flexibility index (Phi) is 3.66.